The van der Waals surface area contributed by atoms with Gasteiger partial charge < -0.3 is 4.74 Å². The van der Waals surface area contributed by atoms with Crippen molar-refractivity contribution in [1.82, 2.24) is 0 Å². The fourth-order valence-corrected chi connectivity index (χ4v) is 12.7. The molecule has 0 saturated heterocycles. The van der Waals surface area contributed by atoms with Crippen molar-refractivity contribution >= 4 is 21.6 Å². The summed E-state index contributed by atoms with van der Waals surface area (Å²) in [5.74, 6) is 1.76. The molecule has 0 radical (unpaired) electrons. The van der Waals surface area contributed by atoms with Crippen LogP contribution in [-0.2, 0) is 20.7 Å². The Morgan fingerprint density at radius 2 is 0.511 bits per heavy atom. The van der Waals surface area contributed by atoms with Gasteiger partial charge in [-0.25, -0.2) is 8.42 Å². The smallest absolute Gasteiger partial charge is 0.206 e. The van der Waals surface area contributed by atoms with E-state index >= 15 is 0 Å². The van der Waals surface area contributed by atoms with Crippen LogP contribution in [0.25, 0.3) is 0 Å². The molecule has 11 aromatic carbocycles. The number of hydrogen-bond acceptors (Lipinski definition) is 4. The Kier molecular flexibility index (Phi) is 26.4. The monoisotopic (exact) mass is 1250 g/mol. The zero-order valence-electron chi connectivity index (χ0n) is 57.0. The van der Waals surface area contributed by atoms with Crippen LogP contribution >= 0.6 is 11.8 Å². The second-order valence-corrected chi connectivity index (χ2v) is 28.6. The summed E-state index contributed by atoms with van der Waals surface area (Å²) in [4.78, 5) is 3.27. The molecule has 12 rings (SSSR count). The maximum Gasteiger partial charge on any atom is 0.206 e. The Morgan fingerprint density at radius 3 is 0.783 bits per heavy atom. The molecule has 5 heteroatoms. The number of benzene rings is 11. The third-order valence-electron chi connectivity index (χ3n) is 16.9. The molecule has 1 aliphatic carbocycles. The van der Waals surface area contributed by atoms with Gasteiger partial charge in [0.15, 0.2) is 0 Å². The zero-order chi connectivity index (χ0) is 66.3. The third-order valence-corrected chi connectivity index (χ3v) is 19.7. The molecule has 11 aromatic rings. The van der Waals surface area contributed by atoms with Gasteiger partial charge in [0, 0.05) is 20.6 Å². The quantitative estimate of drug-likeness (QED) is 0.137. The first-order valence-corrected chi connectivity index (χ1v) is 34.6. The summed E-state index contributed by atoms with van der Waals surface area (Å²) in [5, 5.41) is 0. The minimum atomic E-state index is -3.37. The molecule has 0 amide bonds. The van der Waals surface area contributed by atoms with E-state index in [4.69, 9.17) is 4.74 Å². The molecule has 0 heterocycles. The Morgan fingerprint density at radius 1 is 0.293 bits per heavy atom. The van der Waals surface area contributed by atoms with Gasteiger partial charge in [-0.2, -0.15) is 0 Å². The van der Waals surface area contributed by atoms with E-state index in [1.807, 2.05) is 62.4 Å². The molecule has 0 aliphatic heterocycles. The number of sulfone groups is 1. The summed E-state index contributed by atoms with van der Waals surface area (Å²) < 4.78 is 30.2. The van der Waals surface area contributed by atoms with Gasteiger partial charge >= 0.3 is 0 Å². The third kappa shape index (κ3) is 21.9. The molecule has 0 spiro atoms. The fourth-order valence-electron chi connectivity index (χ4n) is 10.7. The molecular formula is C87H96O3S2. The van der Waals surface area contributed by atoms with Crippen molar-refractivity contribution in [3.8, 4) is 11.5 Å². The number of ether oxygens (including phenoxy) is 1. The summed E-state index contributed by atoms with van der Waals surface area (Å²) >= 11 is 1.80. The lowest BCUT2D eigenvalue weighted by atomic mass is 9.65. The van der Waals surface area contributed by atoms with Gasteiger partial charge in [-0.05, 0) is 191 Å². The molecule has 0 unspecified atom stereocenters. The van der Waals surface area contributed by atoms with E-state index in [2.05, 4.69) is 253 Å². The van der Waals surface area contributed by atoms with Gasteiger partial charge in [-0.15, -0.1) is 0 Å². The van der Waals surface area contributed by atoms with Crippen molar-refractivity contribution in [2.75, 3.05) is 0 Å². The molecule has 0 N–H and O–H groups in total. The molecule has 0 aromatic heterocycles. The Bertz CT molecular complexity index is 3710. The van der Waals surface area contributed by atoms with Crippen LogP contribution in [0, 0.1) is 83.1 Å². The average molecular weight is 1250 g/mol. The van der Waals surface area contributed by atoms with Gasteiger partial charge in [-0.1, -0.05) is 306 Å². The van der Waals surface area contributed by atoms with Crippen molar-refractivity contribution in [2.24, 2.45) is 0 Å². The fraction of sp³-hybridized carbons (Fsp3) is 0.241. The minimum Gasteiger partial charge on any atom is -0.457 e. The summed E-state index contributed by atoms with van der Waals surface area (Å²) in [6.45, 7) is 29.6. The lowest BCUT2D eigenvalue weighted by Gasteiger charge is -2.38. The highest BCUT2D eigenvalue weighted by Crippen LogP contribution is 2.45. The lowest BCUT2D eigenvalue weighted by Crippen LogP contribution is -2.30. The predicted octanol–water partition coefficient (Wildman–Crippen LogP) is 24.2. The highest BCUT2D eigenvalue weighted by molar-refractivity contribution is 7.99. The van der Waals surface area contributed by atoms with Gasteiger partial charge in [0.25, 0.3) is 0 Å². The summed E-state index contributed by atoms with van der Waals surface area (Å²) in [5.41, 5.74) is 21.3. The second-order valence-electron chi connectivity index (χ2n) is 25.5. The molecule has 0 bridgehead atoms. The Labute approximate surface area is 558 Å². The average Bonchev–Trinajstić information content (AvgIpc) is 0.918. The first kappa shape index (κ1) is 71.0. The summed E-state index contributed by atoms with van der Waals surface area (Å²) in [7, 11) is -3.37. The molecule has 3 nitrogen and oxygen atoms in total. The molecule has 474 valence electrons. The van der Waals surface area contributed by atoms with E-state index < -0.39 is 9.84 Å². The topological polar surface area (TPSA) is 43.4 Å². The molecule has 0 atom stereocenters. The highest BCUT2D eigenvalue weighted by Gasteiger charge is 2.35. The van der Waals surface area contributed by atoms with Crippen molar-refractivity contribution in [1.29, 1.82) is 0 Å². The van der Waals surface area contributed by atoms with Crippen LogP contribution in [-0.4, -0.2) is 8.42 Å². The number of rotatable bonds is 10. The van der Waals surface area contributed by atoms with E-state index in [9.17, 15) is 8.42 Å². The maximum atomic E-state index is 12.3. The van der Waals surface area contributed by atoms with Crippen molar-refractivity contribution in [3.05, 3.63) is 356 Å². The van der Waals surface area contributed by atoms with E-state index in [1.54, 1.807) is 60.3 Å². The second kappa shape index (κ2) is 34.3. The van der Waals surface area contributed by atoms with Gasteiger partial charge in [0.05, 0.1) is 9.79 Å². The van der Waals surface area contributed by atoms with Crippen molar-refractivity contribution in [2.45, 2.75) is 159 Å². The maximum absolute atomic E-state index is 12.3. The van der Waals surface area contributed by atoms with Gasteiger partial charge in [0.2, 0.25) is 9.84 Å². The van der Waals surface area contributed by atoms with Crippen LogP contribution < -0.4 is 4.74 Å². The van der Waals surface area contributed by atoms with Crippen LogP contribution in [0.15, 0.2) is 287 Å². The molecule has 1 aliphatic rings. The summed E-state index contributed by atoms with van der Waals surface area (Å²) in [6, 6.07) is 91.8. The minimum absolute atomic E-state index is 0.0708. The van der Waals surface area contributed by atoms with Crippen LogP contribution in [0.4, 0.5) is 0 Å². The van der Waals surface area contributed by atoms with E-state index in [0.717, 1.165) is 22.6 Å². The van der Waals surface area contributed by atoms with Crippen LogP contribution in [0.1, 0.15) is 135 Å². The zero-order valence-corrected chi connectivity index (χ0v) is 58.6. The first-order valence-electron chi connectivity index (χ1n) is 32.3. The van der Waals surface area contributed by atoms with Crippen molar-refractivity contribution in [3.63, 3.8) is 0 Å². The Hall–Kier alpha value is -8.48. The summed E-state index contributed by atoms with van der Waals surface area (Å²) in [6.07, 6.45) is 6.67. The number of hydrogen-bond donors (Lipinski definition) is 0. The van der Waals surface area contributed by atoms with Crippen LogP contribution in [0.5, 0.6) is 11.5 Å². The first-order chi connectivity index (χ1) is 44.0. The van der Waals surface area contributed by atoms with E-state index in [0.29, 0.717) is 9.79 Å². The van der Waals surface area contributed by atoms with Crippen LogP contribution in [0.2, 0.25) is 0 Å². The molecule has 92 heavy (non-hydrogen) atoms. The highest BCUT2D eigenvalue weighted by atomic mass is 32.2. The molecule has 1 saturated carbocycles. The number of aryl methyl sites for hydroxylation is 12. The standard InChI is InChI=1S/C20H24.C17H20.C14H14O2S.C14H14O.C14H14S.C8H10/c1-16-6-10-18(11-7-16)20(14-4-3-5-15-20)19-12-8-17(2)9-13-19;1-13-5-9-15(10-6-13)17(3,4)16-11-7-14(2)8-12-16;1-11-3-7-13(8-4-11)17(15,16)14-9-5-12(2)6-10-14;2*1-11-3-7-13(8-4-11)15-14-9-5-12(2)6-10-14;1-7-3-5-8(2)6-4-7/h6-13H,3-5,14-15H2,1-2H3;5-12H,1-4H3;3-10H,1-2H3;2*3-10H,1-2H3;3-6H,1-2H3. The van der Waals surface area contributed by atoms with Gasteiger partial charge in [-0.3, -0.25) is 0 Å². The van der Waals surface area contributed by atoms with E-state index in [1.165, 1.54) is 120 Å². The molecule has 1 fully saturated rings. The van der Waals surface area contributed by atoms with Crippen molar-refractivity contribution < 1.29 is 13.2 Å². The largest absolute Gasteiger partial charge is 0.457 e. The molecular weight excluding hydrogens is 1160 g/mol. The lowest BCUT2D eigenvalue weighted by molar-refractivity contribution is 0.346. The predicted molar refractivity (Wildman–Crippen MR) is 393 cm³/mol. The normalized spacial score (nSPS) is 12.2. The van der Waals surface area contributed by atoms with E-state index in [-0.39, 0.29) is 10.8 Å². The SMILES string of the molecule is Cc1ccc(C(C)(C)c2ccc(C)cc2)cc1.Cc1ccc(C)cc1.Cc1ccc(C2(c3ccc(C)cc3)CCCCC2)cc1.Cc1ccc(Oc2ccc(C)cc2)cc1.Cc1ccc(S(=O)(=O)c2ccc(C)cc2)cc1.Cc1ccc(Sc2ccc(C)cc2)cc1. The van der Waals surface area contributed by atoms with Gasteiger partial charge in [0.1, 0.15) is 11.5 Å². The Balaban J connectivity index is 0.000000159. The van der Waals surface area contributed by atoms with Crippen LogP contribution in [0.3, 0.4) is 0 Å².